The largest absolute Gasteiger partial charge is 0.384 e. The number of hydrogen-bond donors (Lipinski definition) is 1. The van der Waals surface area contributed by atoms with E-state index in [-0.39, 0.29) is 5.41 Å². The van der Waals surface area contributed by atoms with E-state index in [0.717, 1.165) is 18.5 Å². The zero-order valence-corrected chi connectivity index (χ0v) is 9.59. The van der Waals surface area contributed by atoms with Gasteiger partial charge in [-0.2, -0.15) is 0 Å². The molecule has 1 heterocycles. The molecule has 0 amide bonds. The molecule has 0 radical (unpaired) electrons. The summed E-state index contributed by atoms with van der Waals surface area (Å²) in [7, 11) is 0. The molecule has 14 heavy (non-hydrogen) atoms. The quantitative estimate of drug-likeness (QED) is 0.799. The molecule has 2 heteroatoms. The van der Waals surface area contributed by atoms with E-state index >= 15 is 0 Å². The highest BCUT2D eigenvalue weighted by Gasteiger charge is 2.24. The van der Waals surface area contributed by atoms with E-state index in [9.17, 15) is 0 Å². The van der Waals surface area contributed by atoms with Crippen molar-refractivity contribution in [1.29, 1.82) is 0 Å². The Morgan fingerprint density at radius 3 is 2.29 bits per heavy atom. The Morgan fingerprint density at radius 2 is 1.86 bits per heavy atom. The molecule has 0 unspecified atom stereocenters. The molecular weight excluding hydrogens is 172 g/mol. The summed E-state index contributed by atoms with van der Waals surface area (Å²) in [5.41, 5.74) is 8.28. The van der Waals surface area contributed by atoms with Crippen molar-refractivity contribution in [2.45, 2.75) is 46.0 Å². The molecule has 0 spiro atoms. The Balaban J connectivity index is 3.17. The third-order valence-corrected chi connectivity index (χ3v) is 3.32. The van der Waals surface area contributed by atoms with Gasteiger partial charge in [-0.3, -0.25) is 0 Å². The minimum atomic E-state index is 0.241. The summed E-state index contributed by atoms with van der Waals surface area (Å²) in [6.45, 7) is 8.76. The maximum absolute atomic E-state index is 5.64. The Hall–Kier alpha value is -1.05. The summed E-state index contributed by atoms with van der Waals surface area (Å²) in [4.78, 5) is 4.31. The highest BCUT2D eigenvalue weighted by Crippen LogP contribution is 2.32. The Bertz CT molecular complexity index is 314. The molecule has 2 nitrogen and oxygen atoms in total. The van der Waals surface area contributed by atoms with Crippen LogP contribution in [0.15, 0.2) is 12.1 Å². The minimum Gasteiger partial charge on any atom is -0.384 e. The lowest BCUT2D eigenvalue weighted by atomic mass is 9.77. The van der Waals surface area contributed by atoms with E-state index in [1.54, 1.807) is 0 Å². The molecular formula is C12H20N2. The number of aryl methyl sites for hydroxylation is 1. The monoisotopic (exact) mass is 192 g/mol. The van der Waals surface area contributed by atoms with Crippen molar-refractivity contribution in [1.82, 2.24) is 4.98 Å². The molecule has 0 saturated carbocycles. The fraction of sp³-hybridized carbons (Fsp3) is 0.583. The molecule has 0 saturated heterocycles. The van der Waals surface area contributed by atoms with Gasteiger partial charge in [-0.05, 0) is 36.8 Å². The molecule has 1 aromatic heterocycles. The SMILES string of the molecule is CCC(C)(CC)c1ccc(N)nc1C. The Morgan fingerprint density at radius 1 is 1.29 bits per heavy atom. The van der Waals surface area contributed by atoms with Crippen molar-refractivity contribution in [3.05, 3.63) is 23.4 Å². The molecule has 0 aromatic carbocycles. The van der Waals surface area contributed by atoms with E-state index in [4.69, 9.17) is 5.73 Å². The summed E-state index contributed by atoms with van der Waals surface area (Å²) in [6.07, 6.45) is 2.27. The van der Waals surface area contributed by atoms with Crippen molar-refractivity contribution in [3.63, 3.8) is 0 Å². The van der Waals surface area contributed by atoms with Crippen molar-refractivity contribution < 1.29 is 0 Å². The first-order valence-corrected chi connectivity index (χ1v) is 5.27. The molecule has 0 aliphatic heterocycles. The first-order chi connectivity index (χ1) is 6.53. The topological polar surface area (TPSA) is 38.9 Å². The first-order valence-electron chi connectivity index (χ1n) is 5.27. The van der Waals surface area contributed by atoms with Gasteiger partial charge in [0, 0.05) is 5.69 Å². The van der Waals surface area contributed by atoms with Gasteiger partial charge in [0.05, 0.1) is 0 Å². The lowest BCUT2D eigenvalue weighted by Crippen LogP contribution is -2.21. The Labute approximate surface area is 86.5 Å². The summed E-state index contributed by atoms with van der Waals surface area (Å²) in [5.74, 6) is 0.612. The van der Waals surface area contributed by atoms with E-state index in [2.05, 4.69) is 31.8 Å². The highest BCUT2D eigenvalue weighted by atomic mass is 14.8. The van der Waals surface area contributed by atoms with E-state index in [1.807, 2.05) is 13.0 Å². The van der Waals surface area contributed by atoms with Gasteiger partial charge in [-0.1, -0.05) is 26.8 Å². The van der Waals surface area contributed by atoms with Gasteiger partial charge in [0.1, 0.15) is 5.82 Å². The number of nitrogens with zero attached hydrogens (tertiary/aromatic N) is 1. The lowest BCUT2D eigenvalue weighted by molar-refractivity contribution is 0.435. The summed E-state index contributed by atoms with van der Waals surface area (Å²) in [6, 6.07) is 4.01. The molecule has 0 bridgehead atoms. The van der Waals surface area contributed by atoms with Crippen LogP contribution in [-0.2, 0) is 5.41 Å². The second kappa shape index (κ2) is 3.99. The van der Waals surface area contributed by atoms with Crippen LogP contribution < -0.4 is 5.73 Å². The standard InChI is InChI=1S/C12H20N2/c1-5-12(4,6-2)10-7-8-11(13)14-9(10)3/h7-8H,5-6H2,1-4H3,(H2,13,14). The molecule has 2 N–H and O–H groups in total. The van der Waals surface area contributed by atoms with Crippen molar-refractivity contribution in [2.24, 2.45) is 0 Å². The normalized spacial score (nSPS) is 11.7. The average Bonchev–Trinajstić information content (AvgIpc) is 2.17. The van der Waals surface area contributed by atoms with Gasteiger partial charge in [-0.15, -0.1) is 0 Å². The van der Waals surface area contributed by atoms with Gasteiger partial charge in [0.25, 0.3) is 0 Å². The van der Waals surface area contributed by atoms with Gasteiger partial charge < -0.3 is 5.73 Å². The van der Waals surface area contributed by atoms with Crippen LogP contribution in [0.1, 0.15) is 44.9 Å². The second-order valence-electron chi connectivity index (χ2n) is 4.14. The van der Waals surface area contributed by atoms with Crippen molar-refractivity contribution in [3.8, 4) is 0 Å². The van der Waals surface area contributed by atoms with E-state index < -0.39 is 0 Å². The summed E-state index contributed by atoms with van der Waals surface area (Å²) >= 11 is 0. The summed E-state index contributed by atoms with van der Waals surface area (Å²) < 4.78 is 0. The van der Waals surface area contributed by atoms with Crippen molar-refractivity contribution >= 4 is 5.82 Å². The maximum Gasteiger partial charge on any atom is 0.123 e. The molecule has 1 rings (SSSR count). The van der Waals surface area contributed by atoms with Crippen LogP contribution in [0.2, 0.25) is 0 Å². The molecule has 0 aliphatic rings. The second-order valence-corrected chi connectivity index (χ2v) is 4.14. The molecule has 1 aromatic rings. The van der Waals surface area contributed by atoms with Crippen LogP contribution in [0.4, 0.5) is 5.82 Å². The molecule has 0 aliphatic carbocycles. The fourth-order valence-electron chi connectivity index (χ4n) is 1.85. The zero-order valence-electron chi connectivity index (χ0n) is 9.59. The number of hydrogen-bond acceptors (Lipinski definition) is 2. The Kier molecular flexibility index (Phi) is 3.14. The van der Waals surface area contributed by atoms with Gasteiger partial charge in [0.2, 0.25) is 0 Å². The van der Waals surface area contributed by atoms with Gasteiger partial charge >= 0.3 is 0 Å². The molecule has 0 fully saturated rings. The number of aromatic nitrogens is 1. The van der Waals surface area contributed by atoms with Crippen molar-refractivity contribution in [2.75, 3.05) is 5.73 Å². The predicted molar refractivity (Wildman–Crippen MR) is 61.3 cm³/mol. The molecule has 0 atom stereocenters. The zero-order chi connectivity index (χ0) is 10.8. The fourth-order valence-corrected chi connectivity index (χ4v) is 1.85. The van der Waals surface area contributed by atoms with Crippen LogP contribution in [0.5, 0.6) is 0 Å². The third-order valence-electron chi connectivity index (χ3n) is 3.32. The van der Waals surface area contributed by atoms with Gasteiger partial charge in [0.15, 0.2) is 0 Å². The van der Waals surface area contributed by atoms with Crippen LogP contribution in [0.3, 0.4) is 0 Å². The van der Waals surface area contributed by atoms with E-state index in [1.165, 1.54) is 5.56 Å². The molecule has 78 valence electrons. The average molecular weight is 192 g/mol. The number of anilines is 1. The van der Waals surface area contributed by atoms with Crippen LogP contribution >= 0.6 is 0 Å². The number of nitrogen functional groups attached to an aromatic ring is 1. The lowest BCUT2D eigenvalue weighted by Gasteiger charge is -2.28. The van der Waals surface area contributed by atoms with Gasteiger partial charge in [-0.25, -0.2) is 4.98 Å². The number of nitrogens with two attached hydrogens (primary N) is 1. The van der Waals surface area contributed by atoms with Crippen LogP contribution in [0.25, 0.3) is 0 Å². The third kappa shape index (κ3) is 1.89. The number of pyridine rings is 1. The summed E-state index contributed by atoms with van der Waals surface area (Å²) in [5, 5.41) is 0. The van der Waals surface area contributed by atoms with E-state index in [0.29, 0.717) is 5.82 Å². The van der Waals surface area contributed by atoms with Crippen LogP contribution in [-0.4, -0.2) is 4.98 Å². The maximum atomic E-state index is 5.64. The highest BCUT2D eigenvalue weighted by molar-refractivity contribution is 5.37. The minimum absolute atomic E-state index is 0.241. The smallest absolute Gasteiger partial charge is 0.123 e. The predicted octanol–water partition coefficient (Wildman–Crippen LogP) is 3.05. The number of rotatable bonds is 3. The van der Waals surface area contributed by atoms with Crippen LogP contribution in [0, 0.1) is 6.92 Å². The first kappa shape index (κ1) is 11.0.